The van der Waals surface area contributed by atoms with Crippen molar-refractivity contribution in [3.05, 3.63) is 0 Å². The van der Waals surface area contributed by atoms with Gasteiger partial charge in [0.1, 0.15) is 6.29 Å². The van der Waals surface area contributed by atoms with Gasteiger partial charge < -0.3 is 9.53 Å². The molecule has 1 saturated carbocycles. The predicted octanol–water partition coefficient (Wildman–Crippen LogP) is 1.55. The summed E-state index contributed by atoms with van der Waals surface area (Å²) in [5, 5.41) is 0. The molecule has 3 heteroatoms. The van der Waals surface area contributed by atoms with E-state index >= 15 is 0 Å². The fourth-order valence-electron chi connectivity index (χ4n) is 1.73. The Balaban J connectivity index is 2.17. The Bertz CT molecular complexity index is 181. The lowest BCUT2D eigenvalue weighted by Gasteiger charge is -2.24. The molecule has 0 radical (unpaired) electrons. The van der Waals surface area contributed by atoms with Crippen molar-refractivity contribution >= 4 is 12.3 Å². The summed E-state index contributed by atoms with van der Waals surface area (Å²) in [5.74, 6) is 0.506. The van der Waals surface area contributed by atoms with Crippen molar-refractivity contribution in [3.8, 4) is 0 Å². The minimum atomic E-state index is -0.211. The molecule has 3 nitrogen and oxygen atoms in total. The standard InChI is InChI=1S/C10H16O3/c1-8(12)13-7-10-4-2-9(6-11)3-5-10/h6,9-10H,2-5,7H2,1H3. The molecule has 0 atom stereocenters. The quantitative estimate of drug-likeness (QED) is 0.493. The highest BCUT2D eigenvalue weighted by molar-refractivity contribution is 5.65. The number of hydrogen-bond acceptors (Lipinski definition) is 3. The van der Waals surface area contributed by atoms with E-state index < -0.39 is 0 Å². The maximum Gasteiger partial charge on any atom is 0.302 e. The summed E-state index contributed by atoms with van der Waals surface area (Å²) in [5.41, 5.74) is 0. The largest absolute Gasteiger partial charge is 0.466 e. The highest BCUT2D eigenvalue weighted by atomic mass is 16.5. The van der Waals surface area contributed by atoms with Gasteiger partial charge in [0.2, 0.25) is 0 Å². The first-order valence-corrected chi connectivity index (χ1v) is 4.81. The van der Waals surface area contributed by atoms with Gasteiger partial charge in [-0.25, -0.2) is 0 Å². The summed E-state index contributed by atoms with van der Waals surface area (Å²) in [4.78, 5) is 21.0. The highest BCUT2D eigenvalue weighted by Gasteiger charge is 2.21. The van der Waals surface area contributed by atoms with Crippen LogP contribution in [0.25, 0.3) is 0 Å². The Labute approximate surface area is 78.5 Å². The van der Waals surface area contributed by atoms with Crippen LogP contribution < -0.4 is 0 Å². The molecule has 0 amide bonds. The van der Waals surface area contributed by atoms with Gasteiger partial charge >= 0.3 is 5.97 Å². The Morgan fingerprint density at radius 1 is 1.38 bits per heavy atom. The van der Waals surface area contributed by atoms with Crippen molar-refractivity contribution < 1.29 is 14.3 Å². The lowest BCUT2D eigenvalue weighted by atomic mass is 9.83. The van der Waals surface area contributed by atoms with Crippen LogP contribution >= 0.6 is 0 Å². The molecule has 0 bridgehead atoms. The minimum Gasteiger partial charge on any atom is -0.466 e. The van der Waals surface area contributed by atoms with E-state index in [1.54, 1.807) is 0 Å². The zero-order valence-electron chi connectivity index (χ0n) is 7.99. The van der Waals surface area contributed by atoms with Crippen LogP contribution in [0.1, 0.15) is 32.6 Å². The van der Waals surface area contributed by atoms with E-state index in [-0.39, 0.29) is 11.9 Å². The molecule has 1 rings (SSSR count). The van der Waals surface area contributed by atoms with Gasteiger partial charge in [-0.2, -0.15) is 0 Å². The molecule has 0 aliphatic heterocycles. The van der Waals surface area contributed by atoms with Gasteiger partial charge in [0.25, 0.3) is 0 Å². The summed E-state index contributed by atoms with van der Waals surface area (Å²) in [6.45, 7) is 1.96. The number of rotatable bonds is 3. The number of carbonyl (C=O) groups is 2. The number of hydrogen-bond donors (Lipinski definition) is 0. The third-order valence-electron chi connectivity index (χ3n) is 2.61. The van der Waals surface area contributed by atoms with E-state index in [2.05, 4.69) is 0 Å². The van der Waals surface area contributed by atoms with Crippen LogP contribution in [0.15, 0.2) is 0 Å². The molecular formula is C10H16O3. The summed E-state index contributed by atoms with van der Waals surface area (Å²) >= 11 is 0. The topological polar surface area (TPSA) is 43.4 Å². The average molecular weight is 184 g/mol. The first-order chi connectivity index (χ1) is 6.22. The Kier molecular flexibility index (Phi) is 3.93. The van der Waals surface area contributed by atoms with E-state index in [4.69, 9.17) is 4.74 Å². The number of carbonyl (C=O) groups excluding carboxylic acids is 2. The van der Waals surface area contributed by atoms with Gasteiger partial charge in [-0.3, -0.25) is 4.79 Å². The molecule has 0 aromatic rings. The summed E-state index contributed by atoms with van der Waals surface area (Å²) < 4.78 is 4.92. The van der Waals surface area contributed by atoms with Crippen molar-refractivity contribution in [3.63, 3.8) is 0 Å². The molecule has 0 N–H and O–H groups in total. The van der Waals surface area contributed by atoms with Gasteiger partial charge in [0.05, 0.1) is 6.61 Å². The summed E-state index contributed by atoms with van der Waals surface area (Å²) in [6, 6.07) is 0. The van der Waals surface area contributed by atoms with Gasteiger partial charge in [-0.15, -0.1) is 0 Å². The van der Waals surface area contributed by atoms with Crippen molar-refractivity contribution in [2.24, 2.45) is 11.8 Å². The maximum atomic E-state index is 10.5. The molecule has 0 heterocycles. The van der Waals surface area contributed by atoms with E-state index in [1.807, 2.05) is 0 Å². The second kappa shape index (κ2) is 5.00. The second-order valence-electron chi connectivity index (χ2n) is 3.72. The molecule has 0 unspecified atom stereocenters. The van der Waals surface area contributed by atoms with Crippen LogP contribution in [-0.2, 0) is 14.3 Å². The average Bonchev–Trinajstić information content (AvgIpc) is 2.15. The highest BCUT2D eigenvalue weighted by Crippen LogP contribution is 2.27. The third kappa shape index (κ3) is 3.57. The molecule has 1 aliphatic carbocycles. The fraction of sp³-hybridized carbons (Fsp3) is 0.800. The van der Waals surface area contributed by atoms with Crippen LogP contribution in [0, 0.1) is 11.8 Å². The smallest absolute Gasteiger partial charge is 0.302 e. The van der Waals surface area contributed by atoms with Crippen LogP contribution in [-0.4, -0.2) is 18.9 Å². The van der Waals surface area contributed by atoms with Gasteiger partial charge in [-0.1, -0.05) is 0 Å². The van der Waals surface area contributed by atoms with Crippen LogP contribution in [0.4, 0.5) is 0 Å². The lowest BCUT2D eigenvalue weighted by Crippen LogP contribution is -2.20. The van der Waals surface area contributed by atoms with E-state index in [1.165, 1.54) is 6.92 Å². The number of esters is 1. The zero-order chi connectivity index (χ0) is 9.68. The zero-order valence-corrected chi connectivity index (χ0v) is 7.99. The summed E-state index contributed by atoms with van der Waals surface area (Å²) in [7, 11) is 0. The van der Waals surface area contributed by atoms with Gasteiger partial charge in [0, 0.05) is 12.8 Å². The van der Waals surface area contributed by atoms with Gasteiger partial charge in [-0.05, 0) is 31.6 Å². The Morgan fingerprint density at radius 2 is 2.00 bits per heavy atom. The van der Waals surface area contributed by atoms with E-state index in [0.29, 0.717) is 12.5 Å². The first kappa shape index (κ1) is 10.2. The van der Waals surface area contributed by atoms with Crippen molar-refractivity contribution in [1.82, 2.24) is 0 Å². The van der Waals surface area contributed by atoms with E-state index in [9.17, 15) is 9.59 Å². The van der Waals surface area contributed by atoms with Crippen LogP contribution in [0.5, 0.6) is 0 Å². The number of aldehydes is 1. The van der Waals surface area contributed by atoms with E-state index in [0.717, 1.165) is 32.0 Å². The maximum absolute atomic E-state index is 10.5. The normalized spacial score (nSPS) is 28.1. The summed E-state index contributed by atoms with van der Waals surface area (Å²) in [6.07, 6.45) is 4.97. The van der Waals surface area contributed by atoms with Crippen LogP contribution in [0.2, 0.25) is 0 Å². The molecule has 1 aliphatic rings. The minimum absolute atomic E-state index is 0.211. The molecule has 0 aromatic carbocycles. The monoisotopic (exact) mass is 184 g/mol. The SMILES string of the molecule is CC(=O)OCC1CCC(C=O)CC1. The first-order valence-electron chi connectivity index (χ1n) is 4.81. The molecule has 0 spiro atoms. The number of ether oxygens (including phenoxy) is 1. The predicted molar refractivity (Wildman–Crippen MR) is 48.1 cm³/mol. The van der Waals surface area contributed by atoms with Crippen molar-refractivity contribution in [1.29, 1.82) is 0 Å². The molecule has 0 aromatic heterocycles. The molecule has 13 heavy (non-hydrogen) atoms. The molecule has 1 fully saturated rings. The second-order valence-corrected chi connectivity index (χ2v) is 3.72. The van der Waals surface area contributed by atoms with Crippen molar-refractivity contribution in [2.75, 3.05) is 6.61 Å². The fourth-order valence-corrected chi connectivity index (χ4v) is 1.73. The third-order valence-corrected chi connectivity index (χ3v) is 2.61. The van der Waals surface area contributed by atoms with Crippen molar-refractivity contribution in [2.45, 2.75) is 32.6 Å². The molecular weight excluding hydrogens is 168 g/mol. The Hall–Kier alpha value is -0.860. The van der Waals surface area contributed by atoms with Gasteiger partial charge in [0.15, 0.2) is 0 Å². The molecule has 0 saturated heterocycles. The molecule has 74 valence electrons. The Morgan fingerprint density at radius 3 is 2.46 bits per heavy atom. The lowest BCUT2D eigenvalue weighted by molar-refractivity contribution is -0.142. The van der Waals surface area contributed by atoms with Crippen LogP contribution in [0.3, 0.4) is 0 Å².